The Morgan fingerprint density at radius 1 is 1.08 bits per heavy atom. The zero-order valence-electron chi connectivity index (χ0n) is 14.4. The van der Waals surface area contributed by atoms with Crippen LogP contribution in [-0.4, -0.2) is 41.2 Å². The lowest BCUT2D eigenvalue weighted by Gasteiger charge is -2.33. The van der Waals surface area contributed by atoms with Gasteiger partial charge in [-0.3, -0.25) is 0 Å². The molecule has 5 nitrogen and oxygen atoms in total. The fourth-order valence-electron chi connectivity index (χ4n) is 2.27. The normalized spacial score (nSPS) is 12.8. The molecular weight excluding hydrogens is 350 g/mol. The molecular formula is C17H20F2N2O3S. The van der Waals surface area contributed by atoms with E-state index in [9.17, 15) is 13.9 Å². The molecule has 25 heavy (non-hydrogen) atoms. The fourth-order valence-corrected chi connectivity index (χ4v) is 3.31. The molecule has 1 atom stereocenters. The van der Waals surface area contributed by atoms with Crippen molar-refractivity contribution in [2.45, 2.75) is 29.7 Å². The van der Waals surface area contributed by atoms with E-state index in [1.54, 1.807) is 6.07 Å². The minimum absolute atomic E-state index is 0.209. The van der Waals surface area contributed by atoms with Gasteiger partial charge in [-0.05, 0) is 17.7 Å². The smallest absolute Gasteiger partial charge is 0.220 e. The first-order chi connectivity index (χ1) is 11.8. The van der Waals surface area contributed by atoms with Crippen LogP contribution >= 0.6 is 11.8 Å². The lowest BCUT2D eigenvalue weighted by molar-refractivity contribution is 0.260. The molecule has 1 heterocycles. The molecule has 1 unspecified atom stereocenters. The number of hydrogen-bond acceptors (Lipinski definition) is 6. The predicted molar refractivity (Wildman–Crippen MR) is 91.3 cm³/mol. The molecule has 0 bridgehead atoms. The number of hydrogen-bond donors (Lipinski definition) is 1. The van der Waals surface area contributed by atoms with Crippen LogP contribution in [0.25, 0.3) is 0 Å². The quantitative estimate of drug-likeness (QED) is 0.596. The Morgan fingerprint density at radius 2 is 1.68 bits per heavy atom. The Kier molecular flexibility index (Phi) is 6.18. The van der Waals surface area contributed by atoms with E-state index in [1.807, 2.05) is 13.8 Å². The zero-order valence-corrected chi connectivity index (χ0v) is 15.2. The second kappa shape index (κ2) is 7.97. The molecule has 0 aliphatic rings. The van der Waals surface area contributed by atoms with Gasteiger partial charge in [0.05, 0.1) is 26.9 Å². The molecule has 1 N–H and O–H groups in total. The summed E-state index contributed by atoms with van der Waals surface area (Å²) in [5, 5.41) is 9.80. The molecule has 136 valence electrons. The summed E-state index contributed by atoms with van der Waals surface area (Å²) >= 11 is 1.21. The van der Waals surface area contributed by atoms with Crippen molar-refractivity contribution in [3.8, 4) is 11.8 Å². The van der Waals surface area contributed by atoms with Gasteiger partial charge in [-0.15, -0.1) is 0 Å². The number of aliphatic hydroxyl groups is 1. The SMILES string of the molecule is COc1cc(OC)nc(SC(CO)C(C)(C)c2ccc(F)c(F)c2)n1. The Morgan fingerprint density at radius 3 is 2.16 bits per heavy atom. The van der Waals surface area contributed by atoms with Crippen LogP contribution in [0.15, 0.2) is 29.4 Å². The summed E-state index contributed by atoms with van der Waals surface area (Å²) in [5.41, 5.74) is -0.110. The third-order valence-corrected chi connectivity index (χ3v) is 5.38. The van der Waals surface area contributed by atoms with Crippen LogP contribution in [0.5, 0.6) is 11.8 Å². The second-order valence-corrected chi connectivity index (χ2v) is 7.04. The van der Waals surface area contributed by atoms with Crippen molar-refractivity contribution in [2.24, 2.45) is 0 Å². The Labute approximate surface area is 149 Å². The van der Waals surface area contributed by atoms with Gasteiger partial charge in [0.1, 0.15) is 0 Å². The van der Waals surface area contributed by atoms with Crippen LogP contribution in [0.2, 0.25) is 0 Å². The highest BCUT2D eigenvalue weighted by Crippen LogP contribution is 2.38. The second-order valence-electron chi connectivity index (χ2n) is 5.87. The third kappa shape index (κ3) is 4.38. The van der Waals surface area contributed by atoms with Gasteiger partial charge < -0.3 is 14.6 Å². The van der Waals surface area contributed by atoms with Crippen LogP contribution in [0.4, 0.5) is 8.78 Å². The fraction of sp³-hybridized carbons (Fsp3) is 0.412. The first kappa shape index (κ1) is 19.4. The minimum Gasteiger partial charge on any atom is -0.481 e. The van der Waals surface area contributed by atoms with Crippen molar-refractivity contribution in [1.82, 2.24) is 9.97 Å². The first-order valence-corrected chi connectivity index (χ1v) is 8.40. The van der Waals surface area contributed by atoms with Gasteiger partial charge in [0.25, 0.3) is 0 Å². The summed E-state index contributed by atoms with van der Waals surface area (Å²) in [5.74, 6) is -1.17. The van der Waals surface area contributed by atoms with E-state index in [2.05, 4.69) is 9.97 Å². The molecule has 0 aliphatic carbocycles. The van der Waals surface area contributed by atoms with Gasteiger partial charge in [-0.1, -0.05) is 31.7 Å². The number of rotatable bonds is 7. The maximum atomic E-state index is 13.6. The number of nitrogens with zero attached hydrogens (tertiary/aromatic N) is 2. The molecule has 0 aliphatic heterocycles. The molecule has 0 saturated heterocycles. The van der Waals surface area contributed by atoms with Crippen LogP contribution in [-0.2, 0) is 5.41 Å². The summed E-state index contributed by atoms with van der Waals surface area (Å²) < 4.78 is 37.0. The van der Waals surface area contributed by atoms with Crippen LogP contribution < -0.4 is 9.47 Å². The number of thioether (sulfide) groups is 1. The first-order valence-electron chi connectivity index (χ1n) is 7.52. The average Bonchev–Trinajstić information content (AvgIpc) is 2.61. The van der Waals surface area contributed by atoms with E-state index in [0.29, 0.717) is 22.5 Å². The van der Waals surface area contributed by atoms with Crippen molar-refractivity contribution in [3.63, 3.8) is 0 Å². The van der Waals surface area contributed by atoms with Gasteiger partial charge in [-0.2, -0.15) is 9.97 Å². The Hall–Kier alpha value is -1.93. The number of aromatic nitrogens is 2. The maximum absolute atomic E-state index is 13.6. The number of halogens is 2. The van der Waals surface area contributed by atoms with Crippen LogP contribution in [0.1, 0.15) is 19.4 Å². The zero-order chi connectivity index (χ0) is 18.6. The molecule has 8 heteroatoms. The summed E-state index contributed by atoms with van der Waals surface area (Å²) in [7, 11) is 2.95. The molecule has 2 rings (SSSR count). The van der Waals surface area contributed by atoms with Gasteiger partial charge in [0.15, 0.2) is 16.8 Å². The van der Waals surface area contributed by atoms with Gasteiger partial charge >= 0.3 is 0 Å². The van der Waals surface area contributed by atoms with Crippen molar-refractivity contribution in [3.05, 3.63) is 41.5 Å². The van der Waals surface area contributed by atoms with E-state index in [1.165, 1.54) is 32.0 Å². The molecule has 0 radical (unpaired) electrons. The summed E-state index contributed by atoms with van der Waals surface area (Å²) in [4.78, 5) is 8.46. The highest BCUT2D eigenvalue weighted by Gasteiger charge is 2.33. The van der Waals surface area contributed by atoms with Gasteiger partial charge in [0, 0.05) is 10.7 Å². The molecule has 1 aromatic carbocycles. The highest BCUT2D eigenvalue weighted by atomic mass is 32.2. The van der Waals surface area contributed by atoms with Gasteiger partial charge in [-0.25, -0.2) is 8.78 Å². The van der Waals surface area contributed by atoms with Crippen LogP contribution in [0, 0.1) is 11.6 Å². The Bertz CT molecular complexity index is 722. The lowest BCUT2D eigenvalue weighted by atomic mass is 9.81. The lowest BCUT2D eigenvalue weighted by Crippen LogP contribution is -2.34. The van der Waals surface area contributed by atoms with E-state index in [-0.39, 0.29) is 6.61 Å². The van der Waals surface area contributed by atoms with Crippen molar-refractivity contribution < 1.29 is 23.4 Å². The molecule has 0 amide bonds. The topological polar surface area (TPSA) is 64.5 Å². The summed E-state index contributed by atoms with van der Waals surface area (Å²) in [6.45, 7) is 3.47. The van der Waals surface area contributed by atoms with E-state index < -0.39 is 22.3 Å². The van der Waals surface area contributed by atoms with Gasteiger partial charge in [0.2, 0.25) is 11.8 Å². The molecule has 0 spiro atoms. The summed E-state index contributed by atoms with van der Waals surface area (Å²) in [6, 6.07) is 5.27. The highest BCUT2D eigenvalue weighted by molar-refractivity contribution is 7.99. The third-order valence-electron chi connectivity index (χ3n) is 3.96. The van der Waals surface area contributed by atoms with Crippen molar-refractivity contribution in [2.75, 3.05) is 20.8 Å². The largest absolute Gasteiger partial charge is 0.481 e. The molecule has 2 aromatic rings. The summed E-state index contributed by atoms with van der Waals surface area (Å²) in [6.07, 6.45) is 0. The standard InChI is InChI=1S/C17H20F2N2O3S/c1-17(2,10-5-6-11(18)12(19)7-10)13(9-22)25-16-20-14(23-3)8-15(21-16)24-4/h5-8,13,22H,9H2,1-4H3. The average molecular weight is 370 g/mol. The minimum atomic E-state index is -0.924. The number of ether oxygens (including phenoxy) is 2. The van der Waals surface area contributed by atoms with Crippen LogP contribution in [0.3, 0.4) is 0 Å². The monoisotopic (exact) mass is 370 g/mol. The maximum Gasteiger partial charge on any atom is 0.220 e. The van der Waals surface area contributed by atoms with E-state index in [0.717, 1.165) is 12.1 Å². The molecule has 1 aromatic heterocycles. The predicted octanol–water partition coefficient (Wildman–Crippen LogP) is 3.20. The Balaban J connectivity index is 2.33. The number of aliphatic hydroxyl groups excluding tert-OH is 1. The van der Waals surface area contributed by atoms with Crippen molar-refractivity contribution >= 4 is 11.8 Å². The number of methoxy groups -OCH3 is 2. The van der Waals surface area contributed by atoms with Crippen molar-refractivity contribution in [1.29, 1.82) is 0 Å². The number of benzene rings is 1. The molecule has 0 fully saturated rings. The van der Waals surface area contributed by atoms with E-state index >= 15 is 0 Å². The van der Waals surface area contributed by atoms with E-state index in [4.69, 9.17) is 9.47 Å². The molecule has 0 saturated carbocycles.